The first-order chi connectivity index (χ1) is 11.4. The highest BCUT2D eigenvalue weighted by Crippen LogP contribution is 2.24. The van der Waals surface area contributed by atoms with Gasteiger partial charge >= 0.3 is 0 Å². The summed E-state index contributed by atoms with van der Waals surface area (Å²) in [5.41, 5.74) is 2.63. The average molecular weight is 347 g/mol. The van der Waals surface area contributed by atoms with E-state index < -0.39 is 0 Å². The Morgan fingerprint density at radius 2 is 1.88 bits per heavy atom. The van der Waals surface area contributed by atoms with E-state index in [0.717, 1.165) is 11.4 Å². The zero-order valence-corrected chi connectivity index (χ0v) is 15.2. The molecule has 0 amide bonds. The molecule has 0 aliphatic rings. The van der Waals surface area contributed by atoms with Gasteiger partial charge in [0, 0.05) is 22.8 Å². The van der Waals surface area contributed by atoms with Gasteiger partial charge in [0.15, 0.2) is 5.78 Å². The molecule has 0 saturated heterocycles. The zero-order chi connectivity index (χ0) is 17.7. The summed E-state index contributed by atoms with van der Waals surface area (Å²) >= 11 is 6.11. The Bertz CT molecular complexity index is 699. The largest absolute Gasteiger partial charge is 0.497 e. The number of rotatable bonds is 7. The first-order valence-electron chi connectivity index (χ1n) is 7.76. The van der Waals surface area contributed by atoms with Crippen molar-refractivity contribution in [3.63, 3.8) is 0 Å². The Labute approximate surface area is 148 Å². The number of Topliss-reactive ketones (excluding diaryl/α,β-unsaturated/α-hetero) is 1. The maximum atomic E-state index is 11.6. The summed E-state index contributed by atoms with van der Waals surface area (Å²) in [5.74, 6) is 0.838. The molecule has 0 bridgehead atoms. The third-order valence-corrected chi connectivity index (χ3v) is 4.15. The number of benzene rings is 2. The Balaban J connectivity index is 2.15. The standard InChI is InChI=1S/C19H23ClN2O2/c1-13(23)15-9-16(20)11-17(10-15)21-12-19(22(2)3)14-5-7-18(24-4)8-6-14/h5-11,19,21H,12H2,1-4H3. The van der Waals surface area contributed by atoms with Gasteiger partial charge in [-0.15, -0.1) is 0 Å². The van der Waals surface area contributed by atoms with Gasteiger partial charge in [0.05, 0.1) is 13.2 Å². The molecule has 2 aromatic carbocycles. The van der Waals surface area contributed by atoms with Crippen molar-refractivity contribution in [2.24, 2.45) is 0 Å². The van der Waals surface area contributed by atoms with Crippen LogP contribution in [0.1, 0.15) is 28.9 Å². The number of ether oxygens (including phenoxy) is 1. The minimum Gasteiger partial charge on any atom is -0.497 e. The van der Waals surface area contributed by atoms with Crippen LogP contribution < -0.4 is 10.1 Å². The molecular weight excluding hydrogens is 324 g/mol. The summed E-state index contributed by atoms with van der Waals surface area (Å²) in [6, 6.07) is 13.5. The van der Waals surface area contributed by atoms with Gasteiger partial charge in [-0.2, -0.15) is 0 Å². The Morgan fingerprint density at radius 3 is 2.42 bits per heavy atom. The number of carbonyl (C=O) groups is 1. The van der Waals surface area contributed by atoms with Crippen molar-refractivity contribution in [3.8, 4) is 5.75 Å². The summed E-state index contributed by atoms with van der Waals surface area (Å²) < 4.78 is 5.21. The Hall–Kier alpha value is -2.04. The van der Waals surface area contributed by atoms with Crippen LogP contribution in [0.2, 0.25) is 5.02 Å². The fraction of sp³-hybridized carbons (Fsp3) is 0.316. The predicted octanol–water partition coefficient (Wildman–Crippen LogP) is 4.27. The third kappa shape index (κ3) is 4.73. The van der Waals surface area contributed by atoms with E-state index >= 15 is 0 Å². The van der Waals surface area contributed by atoms with E-state index in [1.54, 1.807) is 13.2 Å². The molecule has 1 N–H and O–H groups in total. The lowest BCUT2D eigenvalue weighted by Gasteiger charge is -2.26. The van der Waals surface area contributed by atoms with Crippen LogP contribution >= 0.6 is 11.6 Å². The van der Waals surface area contributed by atoms with E-state index in [-0.39, 0.29) is 11.8 Å². The number of nitrogens with zero attached hydrogens (tertiary/aromatic N) is 1. The minimum absolute atomic E-state index is 0.000126. The molecule has 0 heterocycles. The molecule has 0 aliphatic carbocycles. The fourth-order valence-corrected chi connectivity index (χ4v) is 2.77. The summed E-state index contributed by atoms with van der Waals surface area (Å²) in [6.45, 7) is 2.23. The van der Waals surface area contributed by atoms with E-state index in [4.69, 9.17) is 16.3 Å². The van der Waals surface area contributed by atoms with Gasteiger partial charge in [0.25, 0.3) is 0 Å². The number of nitrogens with one attached hydrogen (secondary N) is 1. The number of carbonyl (C=O) groups excluding carboxylic acids is 1. The number of methoxy groups -OCH3 is 1. The monoisotopic (exact) mass is 346 g/mol. The summed E-state index contributed by atoms with van der Waals surface area (Å²) in [5, 5.41) is 3.93. The lowest BCUT2D eigenvalue weighted by Crippen LogP contribution is -2.26. The fourth-order valence-electron chi connectivity index (χ4n) is 2.53. The zero-order valence-electron chi connectivity index (χ0n) is 14.5. The number of anilines is 1. The topological polar surface area (TPSA) is 41.6 Å². The minimum atomic E-state index is -0.000126. The van der Waals surface area contributed by atoms with Gasteiger partial charge in [-0.1, -0.05) is 23.7 Å². The normalized spacial score (nSPS) is 12.1. The molecule has 128 valence electrons. The van der Waals surface area contributed by atoms with Crippen LogP contribution in [0.15, 0.2) is 42.5 Å². The van der Waals surface area contributed by atoms with Gasteiger partial charge in [0.2, 0.25) is 0 Å². The molecule has 2 aromatic rings. The van der Waals surface area contributed by atoms with E-state index in [1.807, 2.05) is 38.4 Å². The molecule has 0 aliphatic heterocycles. The number of halogens is 1. The van der Waals surface area contributed by atoms with E-state index in [0.29, 0.717) is 17.1 Å². The Kier molecular flexibility index (Phi) is 6.23. The van der Waals surface area contributed by atoms with E-state index in [2.05, 4.69) is 22.3 Å². The van der Waals surface area contributed by atoms with E-state index in [1.165, 1.54) is 12.5 Å². The van der Waals surface area contributed by atoms with Crippen molar-refractivity contribution in [1.29, 1.82) is 0 Å². The molecule has 24 heavy (non-hydrogen) atoms. The number of hydrogen-bond acceptors (Lipinski definition) is 4. The number of hydrogen-bond donors (Lipinski definition) is 1. The third-order valence-electron chi connectivity index (χ3n) is 3.93. The molecule has 5 heteroatoms. The first kappa shape index (κ1) is 18.3. The molecule has 0 fully saturated rings. The van der Waals surface area contributed by atoms with Crippen LogP contribution in [-0.2, 0) is 0 Å². The highest BCUT2D eigenvalue weighted by Gasteiger charge is 2.14. The van der Waals surface area contributed by atoms with Crippen molar-refractivity contribution < 1.29 is 9.53 Å². The average Bonchev–Trinajstić information content (AvgIpc) is 2.54. The van der Waals surface area contributed by atoms with Crippen molar-refractivity contribution in [2.45, 2.75) is 13.0 Å². The van der Waals surface area contributed by atoms with Crippen LogP contribution in [0, 0.1) is 0 Å². The second-order valence-corrected chi connectivity index (χ2v) is 6.35. The summed E-state index contributed by atoms with van der Waals surface area (Å²) in [6.07, 6.45) is 0. The maximum Gasteiger partial charge on any atom is 0.159 e. The van der Waals surface area contributed by atoms with Crippen LogP contribution in [0.25, 0.3) is 0 Å². The molecule has 0 radical (unpaired) electrons. The molecule has 4 nitrogen and oxygen atoms in total. The highest BCUT2D eigenvalue weighted by molar-refractivity contribution is 6.31. The van der Waals surface area contributed by atoms with Crippen LogP contribution in [0.5, 0.6) is 5.75 Å². The Morgan fingerprint density at radius 1 is 1.21 bits per heavy atom. The molecule has 0 aromatic heterocycles. The number of likely N-dealkylation sites (N-methyl/N-ethyl adjacent to an activating group) is 1. The molecule has 0 spiro atoms. The SMILES string of the molecule is COc1ccc(C(CNc2cc(Cl)cc(C(C)=O)c2)N(C)C)cc1. The molecular formula is C19H23ClN2O2. The molecule has 0 saturated carbocycles. The van der Waals surface area contributed by atoms with Gasteiger partial charge < -0.3 is 15.0 Å². The molecule has 1 unspecified atom stereocenters. The van der Waals surface area contributed by atoms with Crippen LogP contribution in [-0.4, -0.2) is 38.4 Å². The van der Waals surface area contributed by atoms with Crippen LogP contribution in [0.4, 0.5) is 5.69 Å². The first-order valence-corrected chi connectivity index (χ1v) is 8.14. The highest BCUT2D eigenvalue weighted by atomic mass is 35.5. The second kappa shape index (κ2) is 8.18. The van der Waals surface area contributed by atoms with Crippen molar-refractivity contribution >= 4 is 23.1 Å². The molecule has 1 atom stereocenters. The predicted molar refractivity (Wildman–Crippen MR) is 99.4 cm³/mol. The maximum absolute atomic E-state index is 11.6. The van der Waals surface area contributed by atoms with Crippen molar-refractivity contribution in [1.82, 2.24) is 4.90 Å². The number of ketones is 1. The quantitative estimate of drug-likeness (QED) is 0.760. The van der Waals surface area contributed by atoms with Gasteiger partial charge in [0.1, 0.15) is 5.75 Å². The van der Waals surface area contributed by atoms with Gasteiger partial charge in [-0.3, -0.25) is 4.79 Å². The van der Waals surface area contributed by atoms with Gasteiger partial charge in [-0.25, -0.2) is 0 Å². The summed E-state index contributed by atoms with van der Waals surface area (Å²) in [4.78, 5) is 13.7. The second-order valence-electron chi connectivity index (χ2n) is 5.92. The van der Waals surface area contributed by atoms with Crippen molar-refractivity contribution in [3.05, 3.63) is 58.6 Å². The smallest absolute Gasteiger partial charge is 0.159 e. The molecule has 2 rings (SSSR count). The van der Waals surface area contributed by atoms with Crippen LogP contribution in [0.3, 0.4) is 0 Å². The van der Waals surface area contributed by atoms with Gasteiger partial charge in [-0.05, 0) is 56.9 Å². The van der Waals surface area contributed by atoms with E-state index in [9.17, 15) is 4.79 Å². The van der Waals surface area contributed by atoms with Crippen molar-refractivity contribution in [2.75, 3.05) is 33.1 Å². The summed E-state index contributed by atoms with van der Waals surface area (Å²) in [7, 11) is 5.73. The lowest BCUT2D eigenvalue weighted by molar-refractivity contribution is 0.101. The lowest BCUT2D eigenvalue weighted by atomic mass is 10.1.